The van der Waals surface area contributed by atoms with E-state index in [-0.39, 0.29) is 17.5 Å². The molecule has 2 aromatic rings. The summed E-state index contributed by atoms with van der Waals surface area (Å²) in [4.78, 5) is 23.0. The highest BCUT2D eigenvalue weighted by Gasteiger charge is 2.68. The van der Waals surface area contributed by atoms with E-state index >= 15 is 0 Å². The van der Waals surface area contributed by atoms with Gasteiger partial charge in [0.15, 0.2) is 0 Å². The first-order valence-corrected chi connectivity index (χ1v) is 6.47. The maximum Gasteiger partial charge on any atom is 0.270 e. The Morgan fingerprint density at radius 1 is 1.24 bits per heavy atom. The first kappa shape index (κ1) is 12.0. The highest BCUT2D eigenvalue weighted by molar-refractivity contribution is 6.06. The van der Waals surface area contributed by atoms with E-state index in [0.717, 1.165) is 0 Å². The summed E-state index contributed by atoms with van der Waals surface area (Å²) in [7, 11) is 0. The highest BCUT2D eigenvalue weighted by Crippen LogP contribution is 2.54. The van der Waals surface area contributed by atoms with Crippen LogP contribution in [0.4, 0.5) is 5.69 Å². The molecule has 4 rings (SSSR count). The maximum atomic E-state index is 12.6. The summed E-state index contributed by atoms with van der Waals surface area (Å²) in [6, 6.07) is 12.9. The van der Waals surface area contributed by atoms with Crippen LogP contribution in [0.3, 0.4) is 0 Å². The number of fused-ring (bicyclic) bond motifs is 3. The average molecular weight is 282 g/mol. The standard InChI is InChI=1S/C15H10N2O4/c18-14(9-4-2-1-3-5-9)15-13(16-15)11-8-10(17(19)20)6-7-12(11)21-15/h1-8,13,16H/t13-,15-/m0/s1. The molecule has 104 valence electrons. The molecule has 1 fully saturated rings. The van der Waals surface area contributed by atoms with Gasteiger partial charge >= 0.3 is 0 Å². The molecular formula is C15H10N2O4. The Balaban J connectivity index is 1.70. The number of rotatable bonds is 3. The molecule has 0 bridgehead atoms. The van der Waals surface area contributed by atoms with E-state index in [2.05, 4.69) is 5.32 Å². The minimum Gasteiger partial charge on any atom is -0.463 e. The van der Waals surface area contributed by atoms with E-state index in [0.29, 0.717) is 16.9 Å². The fourth-order valence-electron chi connectivity index (χ4n) is 2.75. The molecule has 0 saturated carbocycles. The summed E-state index contributed by atoms with van der Waals surface area (Å²) >= 11 is 0. The van der Waals surface area contributed by atoms with Gasteiger partial charge in [-0.05, 0) is 6.07 Å². The van der Waals surface area contributed by atoms with Crippen molar-refractivity contribution < 1.29 is 14.5 Å². The number of hydrogen-bond donors (Lipinski definition) is 1. The van der Waals surface area contributed by atoms with Crippen LogP contribution in [0, 0.1) is 10.1 Å². The minimum absolute atomic E-state index is 0.00555. The average Bonchev–Trinajstić information content (AvgIpc) is 3.15. The number of nitrogens with one attached hydrogen (secondary N) is 1. The highest BCUT2D eigenvalue weighted by atomic mass is 16.6. The monoisotopic (exact) mass is 282 g/mol. The molecule has 2 aliphatic heterocycles. The van der Waals surface area contributed by atoms with Gasteiger partial charge in [0, 0.05) is 23.3 Å². The van der Waals surface area contributed by atoms with Crippen molar-refractivity contribution in [1.82, 2.24) is 5.32 Å². The number of carbonyl (C=O) groups is 1. The smallest absolute Gasteiger partial charge is 0.270 e. The van der Waals surface area contributed by atoms with Crippen molar-refractivity contribution in [3.8, 4) is 5.75 Å². The van der Waals surface area contributed by atoms with Crippen LogP contribution >= 0.6 is 0 Å². The Bertz CT molecular complexity index is 774. The second kappa shape index (κ2) is 3.89. The van der Waals surface area contributed by atoms with Crippen molar-refractivity contribution in [2.75, 3.05) is 0 Å². The fourth-order valence-corrected chi connectivity index (χ4v) is 2.75. The minimum atomic E-state index is -1.10. The zero-order valence-electron chi connectivity index (χ0n) is 10.8. The summed E-state index contributed by atoms with van der Waals surface area (Å²) in [5.74, 6) is 0.362. The van der Waals surface area contributed by atoms with Crippen molar-refractivity contribution >= 4 is 11.5 Å². The second-order valence-corrected chi connectivity index (χ2v) is 5.09. The van der Waals surface area contributed by atoms with E-state index in [9.17, 15) is 14.9 Å². The van der Waals surface area contributed by atoms with Gasteiger partial charge in [0.05, 0.1) is 4.92 Å². The van der Waals surface area contributed by atoms with Gasteiger partial charge in [0.2, 0.25) is 11.5 Å². The van der Waals surface area contributed by atoms with Crippen molar-refractivity contribution in [3.63, 3.8) is 0 Å². The lowest BCUT2D eigenvalue weighted by Crippen LogP contribution is -2.33. The van der Waals surface area contributed by atoms with E-state index < -0.39 is 10.6 Å². The molecule has 21 heavy (non-hydrogen) atoms. The van der Waals surface area contributed by atoms with Crippen LogP contribution in [0.2, 0.25) is 0 Å². The van der Waals surface area contributed by atoms with Gasteiger partial charge in [-0.1, -0.05) is 30.3 Å². The number of ketones is 1. The predicted octanol–water partition coefficient (Wildman–Crippen LogP) is 2.21. The predicted molar refractivity (Wildman–Crippen MR) is 73.1 cm³/mol. The number of nitro groups is 1. The van der Waals surface area contributed by atoms with E-state index in [1.807, 2.05) is 6.07 Å². The zero-order chi connectivity index (χ0) is 14.6. The van der Waals surface area contributed by atoms with Crippen molar-refractivity contribution in [1.29, 1.82) is 0 Å². The molecule has 2 aromatic carbocycles. The number of nitro benzene ring substituents is 1. The van der Waals surface area contributed by atoms with Crippen LogP contribution in [-0.2, 0) is 0 Å². The van der Waals surface area contributed by atoms with E-state index in [1.54, 1.807) is 30.3 Å². The molecule has 6 heteroatoms. The Morgan fingerprint density at radius 2 is 2.00 bits per heavy atom. The van der Waals surface area contributed by atoms with Gasteiger partial charge in [0.1, 0.15) is 11.8 Å². The number of ether oxygens (including phenoxy) is 1. The number of carbonyl (C=O) groups excluding carboxylic acids is 1. The topological polar surface area (TPSA) is 91.4 Å². The molecule has 2 atom stereocenters. The number of benzene rings is 2. The third-order valence-electron chi connectivity index (χ3n) is 3.84. The van der Waals surface area contributed by atoms with Crippen LogP contribution < -0.4 is 10.1 Å². The summed E-state index contributed by atoms with van der Waals surface area (Å²) in [5.41, 5.74) is 0.108. The molecule has 2 heterocycles. The van der Waals surface area contributed by atoms with Crippen molar-refractivity contribution in [2.24, 2.45) is 0 Å². The van der Waals surface area contributed by atoms with Crippen LogP contribution in [-0.4, -0.2) is 16.4 Å². The largest absolute Gasteiger partial charge is 0.463 e. The van der Waals surface area contributed by atoms with Gasteiger partial charge in [-0.3, -0.25) is 20.2 Å². The normalized spacial score (nSPS) is 24.7. The van der Waals surface area contributed by atoms with Gasteiger partial charge < -0.3 is 4.74 Å². The van der Waals surface area contributed by atoms with Gasteiger partial charge in [-0.2, -0.15) is 0 Å². The molecule has 2 aliphatic rings. The molecule has 6 nitrogen and oxygen atoms in total. The Labute approximate surface area is 119 Å². The summed E-state index contributed by atoms with van der Waals surface area (Å²) in [6.45, 7) is 0. The molecule has 0 radical (unpaired) electrons. The van der Waals surface area contributed by atoms with Crippen molar-refractivity contribution in [3.05, 3.63) is 69.8 Å². The van der Waals surface area contributed by atoms with Crippen LogP contribution in [0.5, 0.6) is 5.75 Å². The second-order valence-electron chi connectivity index (χ2n) is 5.09. The quantitative estimate of drug-likeness (QED) is 0.403. The Hall–Kier alpha value is -2.73. The van der Waals surface area contributed by atoms with Gasteiger partial charge in [-0.15, -0.1) is 0 Å². The van der Waals surface area contributed by atoms with E-state index in [1.165, 1.54) is 12.1 Å². The van der Waals surface area contributed by atoms with Crippen LogP contribution in [0.1, 0.15) is 22.0 Å². The first-order chi connectivity index (χ1) is 10.1. The van der Waals surface area contributed by atoms with Crippen molar-refractivity contribution in [2.45, 2.75) is 11.8 Å². The lowest BCUT2D eigenvalue weighted by Gasteiger charge is -2.12. The molecule has 0 aromatic heterocycles. The van der Waals surface area contributed by atoms with Crippen LogP contribution in [0.25, 0.3) is 0 Å². The molecule has 0 unspecified atom stereocenters. The third-order valence-corrected chi connectivity index (χ3v) is 3.84. The Kier molecular flexibility index (Phi) is 2.23. The molecule has 1 N–H and O–H groups in total. The lowest BCUT2D eigenvalue weighted by molar-refractivity contribution is -0.384. The number of nitrogens with zero attached hydrogens (tertiary/aromatic N) is 1. The molecule has 1 saturated heterocycles. The molecule has 0 amide bonds. The number of non-ortho nitro benzene ring substituents is 1. The lowest BCUT2D eigenvalue weighted by atomic mass is 10.0. The summed E-state index contributed by atoms with van der Waals surface area (Å²) in [6.07, 6.45) is 0. The maximum absolute atomic E-state index is 12.6. The molecule has 0 aliphatic carbocycles. The van der Waals surface area contributed by atoms with Crippen LogP contribution in [0.15, 0.2) is 48.5 Å². The fraction of sp³-hybridized carbons (Fsp3) is 0.133. The zero-order valence-corrected chi connectivity index (χ0v) is 10.8. The summed E-state index contributed by atoms with van der Waals surface area (Å²) in [5, 5.41) is 13.8. The summed E-state index contributed by atoms with van der Waals surface area (Å²) < 4.78 is 5.74. The molecular weight excluding hydrogens is 272 g/mol. The number of Topliss-reactive ketones (excluding diaryl/α,β-unsaturated/α-hetero) is 1. The Morgan fingerprint density at radius 3 is 2.71 bits per heavy atom. The third kappa shape index (κ3) is 1.59. The number of hydrogen-bond acceptors (Lipinski definition) is 5. The van der Waals surface area contributed by atoms with E-state index in [4.69, 9.17) is 4.74 Å². The van der Waals surface area contributed by atoms with Gasteiger partial charge in [0.25, 0.3) is 5.69 Å². The molecule has 0 spiro atoms. The first-order valence-electron chi connectivity index (χ1n) is 6.47. The van der Waals surface area contributed by atoms with Gasteiger partial charge in [-0.25, -0.2) is 0 Å². The SMILES string of the molecule is O=C(c1ccccc1)[C@]12N[C@H]1c1cc([N+](=O)[O-])ccc1O2.